The molecule has 0 radical (unpaired) electrons. The molecule has 0 aliphatic carbocycles. The maximum atomic E-state index is 13.9. The summed E-state index contributed by atoms with van der Waals surface area (Å²) in [6.45, 7) is 4.63. The highest BCUT2D eigenvalue weighted by atomic mass is 32.2. The molecule has 212 valence electrons. The van der Waals surface area contributed by atoms with E-state index in [1.807, 2.05) is 37.1 Å². The van der Waals surface area contributed by atoms with E-state index < -0.39 is 51.3 Å². The van der Waals surface area contributed by atoms with Crippen molar-refractivity contribution in [1.29, 1.82) is 0 Å². The summed E-state index contributed by atoms with van der Waals surface area (Å²) in [4.78, 5) is 16.3. The summed E-state index contributed by atoms with van der Waals surface area (Å²) in [7, 11) is -0.286. The average molecular weight is 554 g/mol. The van der Waals surface area contributed by atoms with E-state index in [2.05, 4.69) is 13.0 Å². The Morgan fingerprint density at radius 2 is 1.66 bits per heavy atom. The summed E-state index contributed by atoms with van der Waals surface area (Å²) in [6.07, 6.45) is 0.898. The largest absolute Gasteiger partial charge is 0.390 e. The van der Waals surface area contributed by atoms with E-state index in [1.54, 1.807) is 0 Å². The van der Waals surface area contributed by atoms with Gasteiger partial charge in [0.2, 0.25) is 5.91 Å². The Kier molecular flexibility index (Phi) is 12.3. The number of amides is 1. The minimum Gasteiger partial charge on any atom is -0.390 e. The first kappa shape index (κ1) is 31.8. The molecule has 2 aromatic rings. The van der Waals surface area contributed by atoms with E-state index in [1.165, 1.54) is 17.5 Å². The lowest BCUT2D eigenvalue weighted by Gasteiger charge is -2.35. The number of halogens is 2. The zero-order chi connectivity index (χ0) is 28.5. The number of carbonyl (C=O) groups excluding carboxylic acids is 1. The Morgan fingerprint density at radius 3 is 2.26 bits per heavy atom. The SMILES string of the molecule is CCCCS(=O)(=O)C[C@@H](N)C(=O)N(C)[C@@H](Cc1cc(F)cc(F)c1)[C@H](O)CN(C)Cc1cccc(CC)c1. The third-order valence-corrected chi connectivity index (χ3v) is 8.34. The van der Waals surface area contributed by atoms with Crippen LogP contribution in [0, 0.1) is 11.6 Å². The van der Waals surface area contributed by atoms with Gasteiger partial charge in [-0.15, -0.1) is 0 Å². The number of nitrogens with zero attached hydrogens (tertiary/aromatic N) is 2. The third-order valence-electron chi connectivity index (χ3n) is 6.57. The van der Waals surface area contributed by atoms with E-state index in [9.17, 15) is 27.1 Å². The second-order valence-electron chi connectivity index (χ2n) is 10.0. The summed E-state index contributed by atoms with van der Waals surface area (Å²) in [5, 5.41) is 11.2. The van der Waals surface area contributed by atoms with Gasteiger partial charge in [0, 0.05) is 26.2 Å². The highest BCUT2D eigenvalue weighted by molar-refractivity contribution is 7.91. The molecule has 0 unspecified atom stereocenters. The van der Waals surface area contributed by atoms with Gasteiger partial charge >= 0.3 is 0 Å². The van der Waals surface area contributed by atoms with Crippen LogP contribution in [0.1, 0.15) is 43.4 Å². The first-order valence-corrected chi connectivity index (χ1v) is 14.8. The maximum absolute atomic E-state index is 13.9. The molecule has 0 bridgehead atoms. The van der Waals surface area contributed by atoms with Crippen LogP contribution in [-0.4, -0.2) is 79.6 Å². The molecule has 0 aliphatic heterocycles. The highest BCUT2D eigenvalue weighted by Crippen LogP contribution is 2.18. The zero-order valence-electron chi connectivity index (χ0n) is 22.7. The molecule has 0 saturated heterocycles. The summed E-state index contributed by atoms with van der Waals surface area (Å²) >= 11 is 0. The molecule has 38 heavy (non-hydrogen) atoms. The molecule has 3 N–H and O–H groups in total. The molecule has 1 amide bonds. The molecular weight excluding hydrogens is 512 g/mol. The van der Waals surface area contributed by atoms with Crippen molar-refractivity contribution in [1.82, 2.24) is 9.80 Å². The molecule has 0 aliphatic rings. The number of aryl methyl sites for hydroxylation is 1. The standard InChI is InChI=1S/C28H41F2N3O4S/c1-5-7-11-38(36,37)19-25(31)28(35)33(4)26(15-22-13-23(29)16-24(30)14-22)27(34)18-32(3)17-21-10-8-9-20(6-2)12-21/h8-10,12-14,16,25-27,34H,5-7,11,15,17-19,31H2,1-4H3/t25-,26+,27-/m1/s1. The van der Waals surface area contributed by atoms with Crippen LogP contribution in [0.3, 0.4) is 0 Å². The first-order valence-electron chi connectivity index (χ1n) is 13.0. The van der Waals surface area contributed by atoms with E-state index in [4.69, 9.17) is 5.73 Å². The fourth-order valence-corrected chi connectivity index (χ4v) is 6.07. The van der Waals surface area contributed by atoms with Crippen LogP contribution >= 0.6 is 0 Å². The first-order chi connectivity index (χ1) is 17.8. The Hall–Kier alpha value is -2.40. The molecule has 0 spiro atoms. The van der Waals surface area contributed by atoms with Crippen LogP contribution in [-0.2, 0) is 34.0 Å². The summed E-state index contributed by atoms with van der Waals surface area (Å²) in [5.74, 6) is -2.78. The number of hydrogen-bond acceptors (Lipinski definition) is 6. The normalized spacial score (nSPS) is 14.3. The van der Waals surface area contributed by atoms with Gasteiger partial charge in [0.15, 0.2) is 9.84 Å². The van der Waals surface area contributed by atoms with Crippen molar-refractivity contribution in [3.63, 3.8) is 0 Å². The molecule has 7 nitrogen and oxygen atoms in total. The fourth-order valence-electron chi connectivity index (χ4n) is 4.48. The number of benzene rings is 2. The lowest BCUT2D eigenvalue weighted by Crippen LogP contribution is -2.55. The zero-order valence-corrected chi connectivity index (χ0v) is 23.6. The van der Waals surface area contributed by atoms with E-state index in [-0.39, 0.29) is 24.3 Å². The number of rotatable bonds is 15. The quantitative estimate of drug-likeness (QED) is 0.352. The van der Waals surface area contributed by atoms with Crippen LogP contribution in [0.15, 0.2) is 42.5 Å². The minimum absolute atomic E-state index is 0.0491. The van der Waals surface area contributed by atoms with Crippen molar-refractivity contribution in [2.45, 2.75) is 64.3 Å². The van der Waals surface area contributed by atoms with Gasteiger partial charge in [0.05, 0.1) is 29.7 Å². The lowest BCUT2D eigenvalue weighted by atomic mass is 9.98. The maximum Gasteiger partial charge on any atom is 0.240 e. The molecule has 3 atom stereocenters. The van der Waals surface area contributed by atoms with Gasteiger partial charge in [0.25, 0.3) is 0 Å². The highest BCUT2D eigenvalue weighted by Gasteiger charge is 2.32. The van der Waals surface area contributed by atoms with Crippen LogP contribution in [0.2, 0.25) is 0 Å². The summed E-state index contributed by atoms with van der Waals surface area (Å²) < 4.78 is 52.5. The average Bonchev–Trinajstić information content (AvgIpc) is 2.84. The number of hydrogen-bond donors (Lipinski definition) is 2. The van der Waals surface area contributed by atoms with Crippen molar-refractivity contribution in [2.75, 3.05) is 32.1 Å². The number of nitrogens with two attached hydrogens (primary N) is 1. The van der Waals surface area contributed by atoms with Crippen LogP contribution < -0.4 is 5.73 Å². The smallest absolute Gasteiger partial charge is 0.240 e. The van der Waals surface area contributed by atoms with E-state index in [0.29, 0.717) is 19.4 Å². The molecule has 10 heteroatoms. The molecule has 2 rings (SSSR count). The number of aliphatic hydroxyl groups is 1. The van der Waals surface area contributed by atoms with Gasteiger partial charge in [0.1, 0.15) is 11.6 Å². The van der Waals surface area contributed by atoms with Gasteiger partial charge in [-0.2, -0.15) is 0 Å². The van der Waals surface area contributed by atoms with Gasteiger partial charge in [-0.05, 0) is 55.1 Å². The Morgan fingerprint density at radius 1 is 1.03 bits per heavy atom. The van der Waals surface area contributed by atoms with Crippen molar-refractivity contribution < 1.29 is 27.1 Å². The van der Waals surface area contributed by atoms with Crippen molar-refractivity contribution in [3.8, 4) is 0 Å². The second-order valence-corrected chi connectivity index (χ2v) is 12.2. The predicted octanol–water partition coefficient (Wildman–Crippen LogP) is 2.93. The van der Waals surface area contributed by atoms with Crippen LogP contribution in [0.5, 0.6) is 0 Å². The van der Waals surface area contributed by atoms with Gasteiger partial charge in [-0.1, -0.05) is 44.5 Å². The number of unbranched alkanes of at least 4 members (excludes halogenated alkanes) is 1. The molecule has 0 saturated carbocycles. The van der Waals surface area contributed by atoms with Gasteiger partial charge in [-0.3, -0.25) is 9.69 Å². The number of carbonyl (C=O) groups is 1. The van der Waals surface area contributed by atoms with E-state index in [0.717, 1.165) is 30.2 Å². The molecule has 2 aromatic carbocycles. The number of aliphatic hydroxyl groups excluding tert-OH is 1. The Labute approximate surface area is 225 Å². The topological polar surface area (TPSA) is 104 Å². The van der Waals surface area contributed by atoms with Crippen molar-refractivity contribution in [2.24, 2.45) is 5.73 Å². The second kappa shape index (κ2) is 14.7. The monoisotopic (exact) mass is 553 g/mol. The molecule has 0 heterocycles. The van der Waals surface area contributed by atoms with Gasteiger partial charge < -0.3 is 15.7 Å². The molecular formula is C28H41F2N3O4S. The third kappa shape index (κ3) is 10.1. The number of sulfone groups is 1. The van der Waals surface area contributed by atoms with Crippen molar-refractivity contribution in [3.05, 3.63) is 70.8 Å². The van der Waals surface area contributed by atoms with Crippen LogP contribution in [0.4, 0.5) is 8.78 Å². The minimum atomic E-state index is -3.54. The Balaban J connectivity index is 2.23. The molecule has 0 aromatic heterocycles. The summed E-state index contributed by atoms with van der Waals surface area (Å²) in [5.41, 5.74) is 8.51. The van der Waals surface area contributed by atoms with Crippen LogP contribution in [0.25, 0.3) is 0 Å². The fraction of sp³-hybridized carbons (Fsp3) is 0.536. The summed E-state index contributed by atoms with van der Waals surface area (Å²) in [6, 6.07) is 8.91. The van der Waals surface area contributed by atoms with Crippen molar-refractivity contribution >= 4 is 15.7 Å². The van der Waals surface area contributed by atoms with Gasteiger partial charge in [-0.25, -0.2) is 17.2 Å². The predicted molar refractivity (Wildman–Crippen MR) is 146 cm³/mol. The molecule has 0 fully saturated rings. The number of likely N-dealkylation sites (N-methyl/N-ethyl adjacent to an activating group) is 2. The lowest BCUT2D eigenvalue weighted by molar-refractivity contribution is -0.135. The Bertz CT molecular complexity index is 1140. The van der Waals surface area contributed by atoms with E-state index >= 15 is 0 Å².